The van der Waals surface area contributed by atoms with Crippen LogP contribution in [0.15, 0.2) is 12.4 Å². The summed E-state index contributed by atoms with van der Waals surface area (Å²) in [5.41, 5.74) is 0. The molecule has 7 heteroatoms. The molecule has 1 aliphatic heterocycles. The van der Waals surface area contributed by atoms with Gasteiger partial charge >= 0.3 is 0 Å². The second kappa shape index (κ2) is 4.10. The van der Waals surface area contributed by atoms with Crippen LogP contribution in [0.5, 0.6) is 0 Å². The van der Waals surface area contributed by atoms with Gasteiger partial charge in [0.25, 0.3) is 5.92 Å². The van der Waals surface area contributed by atoms with Crippen LogP contribution in [-0.2, 0) is 0 Å². The fourth-order valence-electron chi connectivity index (χ4n) is 1.82. The number of nitrogens with zero attached hydrogens (tertiary/aromatic N) is 3. The van der Waals surface area contributed by atoms with Gasteiger partial charge in [0, 0.05) is 18.8 Å². The van der Waals surface area contributed by atoms with Gasteiger partial charge in [-0.05, 0) is 0 Å². The van der Waals surface area contributed by atoms with E-state index in [1.54, 1.807) is 0 Å². The van der Waals surface area contributed by atoms with Gasteiger partial charge in [0.05, 0.1) is 19.2 Å². The van der Waals surface area contributed by atoms with Crippen LogP contribution in [0.25, 0.3) is 0 Å². The Morgan fingerprint density at radius 1 is 1.50 bits per heavy atom. The van der Waals surface area contributed by atoms with Crippen LogP contribution in [0.4, 0.5) is 14.6 Å². The molecule has 88 valence electrons. The monoisotopic (exact) mass is 249 g/mol. The number of aromatic nitrogens is 2. The summed E-state index contributed by atoms with van der Waals surface area (Å²) in [6, 6.07) is -0.663. The first kappa shape index (κ1) is 11.5. The van der Waals surface area contributed by atoms with E-state index in [0.29, 0.717) is 0 Å². The molecule has 0 spiro atoms. The number of rotatable bonds is 2. The normalized spacial score (nSPS) is 23.8. The van der Waals surface area contributed by atoms with Crippen molar-refractivity contribution in [3.05, 3.63) is 17.5 Å². The Morgan fingerprint density at radius 2 is 2.19 bits per heavy atom. The minimum Gasteiger partial charge on any atom is -0.394 e. The number of aliphatic hydroxyl groups is 1. The zero-order valence-electron chi connectivity index (χ0n) is 8.28. The van der Waals surface area contributed by atoms with Crippen LogP contribution >= 0.6 is 11.6 Å². The molecule has 0 saturated carbocycles. The predicted molar refractivity (Wildman–Crippen MR) is 54.8 cm³/mol. The van der Waals surface area contributed by atoms with Gasteiger partial charge in [-0.3, -0.25) is 0 Å². The Morgan fingerprint density at radius 3 is 2.81 bits per heavy atom. The van der Waals surface area contributed by atoms with Gasteiger partial charge in [-0.2, -0.15) is 0 Å². The maximum atomic E-state index is 13.2. The number of hydrogen-bond donors (Lipinski definition) is 1. The minimum absolute atomic E-state index is 0.0682. The second-order valence-corrected chi connectivity index (χ2v) is 4.05. The van der Waals surface area contributed by atoms with Crippen molar-refractivity contribution >= 4 is 17.4 Å². The average Bonchev–Trinajstić information content (AvgIpc) is 2.54. The summed E-state index contributed by atoms with van der Waals surface area (Å²) in [6.07, 6.45) is 2.37. The van der Waals surface area contributed by atoms with E-state index in [9.17, 15) is 8.78 Å². The highest BCUT2D eigenvalue weighted by atomic mass is 35.5. The Labute approximate surface area is 95.9 Å². The number of anilines is 1. The number of alkyl halides is 2. The van der Waals surface area contributed by atoms with Gasteiger partial charge in [-0.25, -0.2) is 18.7 Å². The van der Waals surface area contributed by atoms with Gasteiger partial charge in [-0.15, -0.1) is 0 Å². The molecule has 1 fully saturated rings. The quantitative estimate of drug-likeness (QED) is 0.859. The maximum absolute atomic E-state index is 13.2. The summed E-state index contributed by atoms with van der Waals surface area (Å²) in [7, 11) is 0. The van der Waals surface area contributed by atoms with Crippen molar-refractivity contribution < 1.29 is 13.9 Å². The Bertz CT molecular complexity index is 391. The van der Waals surface area contributed by atoms with E-state index in [4.69, 9.17) is 16.7 Å². The van der Waals surface area contributed by atoms with E-state index in [2.05, 4.69) is 9.97 Å². The van der Waals surface area contributed by atoms with Crippen LogP contribution in [0.1, 0.15) is 6.42 Å². The third-order valence-electron chi connectivity index (χ3n) is 2.50. The Balaban J connectivity index is 2.30. The van der Waals surface area contributed by atoms with Crippen molar-refractivity contribution in [1.82, 2.24) is 9.97 Å². The molecule has 16 heavy (non-hydrogen) atoms. The number of halogens is 3. The number of hydrogen-bond acceptors (Lipinski definition) is 4. The summed E-state index contributed by atoms with van der Waals surface area (Å²) in [4.78, 5) is 8.99. The molecule has 2 rings (SSSR count). The highest BCUT2D eigenvalue weighted by Gasteiger charge is 2.45. The molecule has 0 aliphatic carbocycles. The maximum Gasteiger partial charge on any atom is 0.267 e. The fraction of sp³-hybridized carbons (Fsp3) is 0.556. The summed E-state index contributed by atoms with van der Waals surface area (Å²) in [6.45, 7) is -0.848. The molecule has 2 heterocycles. The SMILES string of the molecule is OC[C@@H]1CC(F)(F)CN1c1nccnc1Cl. The third-order valence-corrected chi connectivity index (χ3v) is 2.76. The van der Waals surface area contributed by atoms with Crippen molar-refractivity contribution in [3.63, 3.8) is 0 Å². The van der Waals surface area contributed by atoms with Gasteiger partial charge in [0.2, 0.25) is 0 Å². The van der Waals surface area contributed by atoms with Gasteiger partial charge in [-0.1, -0.05) is 11.6 Å². The van der Waals surface area contributed by atoms with E-state index in [1.807, 2.05) is 0 Å². The molecule has 0 amide bonds. The topological polar surface area (TPSA) is 49.2 Å². The summed E-state index contributed by atoms with van der Waals surface area (Å²) < 4.78 is 26.4. The van der Waals surface area contributed by atoms with Crippen molar-refractivity contribution in [2.75, 3.05) is 18.1 Å². The lowest BCUT2D eigenvalue weighted by Gasteiger charge is -2.23. The highest BCUT2D eigenvalue weighted by molar-refractivity contribution is 6.31. The molecule has 0 aromatic carbocycles. The molecule has 0 unspecified atom stereocenters. The molecular formula is C9H10ClF2N3O. The summed E-state index contributed by atoms with van der Waals surface area (Å²) in [5, 5.41) is 9.12. The molecule has 1 aromatic rings. The van der Waals surface area contributed by atoms with E-state index in [-0.39, 0.29) is 17.6 Å². The van der Waals surface area contributed by atoms with Crippen LogP contribution in [-0.4, -0.2) is 40.2 Å². The van der Waals surface area contributed by atoms with Crippen molar-refractivity contribution in [2.45, 2.75) is 18.4 Å². The lowest BCUT2D eigenvalue weighted by Crippen LogP contribution is -2.33. The van der Waals surface area contributed by atoms with Crippen LogP contribution in [0, 0.1) is 0 Å². The van der Waals surface area contributed by atoms with Crippen LogP contribution < -0.4 is 4.90 Å². The fourth-order valence-corrected chi connectivity index (χ4v) is 2.03. The molecular weight excluding hydrogens is 240 g/mol. The van der Waals surface area contributed by atoms with Crippen LogP contribution in [0.2, 0.25) is 5.15 Å². The van der Waals surface area contributed by atoms with Gasteiger partial charge in [0.15, 0.2) is 11.0 Å². The van der Waals surface area contributed by atoms with Gasteiger partial charge in [0.1, 0.15) is 0 Å². The summed E-state index contributed by atoms with van der Waals surface area (Å²) >= 11 is 5.78. The summed E-state index contributed by atoms with van der Waals surface area (Å²) in [5.74, 6) is -2.63. The minimum atomic E-state index is -2.83. The zero-order chi connectivity index (χ0) is 11.8. The largest absolute Gasteiger partial charge is 0.394 e. The average molecular weight is 250 g/mol. The van der Waals surface area contributed by atoms with Gasteiger partial charge < -0.3 is 10.0 Å². The van der Waals surface area contributed by atoms with Crippen LogP contribution in [0.3, 0.4) is 0 Å². The first-order chi connectivity index (χ1) is 7.53. The molecule has 1 aromatic heterocycles. The molecule has 1 aliphatic rings. The lowest BCUT2D eigenvalue weighted by molar-refractivity contribution is 0.0201. The molecule has 0 bridgehead atoms. The van der Waals surface area contributed by atoms with E-state index in [1.165, 1.54) is 17.3 Å². The first-order valence-electron chi connectivity index (χ1n) is 4.75. The van der Waals surface area contributed by atoms with Crippen molar-refractivity contribution in [2.24, 2.45) is 0 Å². The number of aliphatic hydroxyl groups excluding tert-OH is 1. The molecule has 0 radical (unpaired) electrons. The molecule has 1 atom stereocenters. The van der Waals surface area contributed by atoms with E-state index >= 15 is 0 Å². The Kier molecular flexibility index (Phi) is 2.94. The zero-order valence-corrected chi connectivity index (χ0v) is 9.03. The third kappa shape index (κ3) is 2.08. The smallest absolute Gasteiger partial charge is 0.267 e. The van der Waals surface area contributed by atoms with Crippen molar-refractivity contribution in [1.29, 1.82) is 0 Å². The van der Waals surface area contributed by atoms with E-state index in [0.717, 1.165) is 0 Å². The lowest BCUT2D eigenvalue weighted by atomic mass is 10.2. The first-order valence-corrected chi connectivity index (χ1v) is 5.13. The van der Waals surface area contributed by atoms with Crippen molar-refractivity contribution in [3.8, 4) is 0 Å². The second-order valence-electron chi connectivity index (χ2n) is 3.70. The standard InChI is InChI=1S/C9H10ClF2N3O/c10-7-8(14-2-1-13-7)15-5-9(11,12)3-6(15)4-16/h1-2,6,16H,3-5H2/t6-/m0/s1. The molecule has 1 N–H and O–H groups in total. The van der Waals surface area contributed by atoms with E-state index < -0.39 is 24.9 Å². The molecule has 4 nitrogen and oxygen atoms in total. The Hall–Kier alpha value is -1.01. The molecule has 1 saturated heterocycles. The highest BCUT2D eigenvalue weighted by Crippen LogP contribution is 2.36. The predicted octanol–water partition coefficient (Wildman–Crippen LogP) is 1.34.